The van der Waals surface area contributed by atoms with Gasteiger partial charge in [-0.15, -0.1) is 0 Å². The fraction of sp³-hybridized carbons (Fsp3) is 0.452. The van der Waals surface area contributed by atoms with Crippen LogP contribution in [0.1, 0.15) is 38.5 Å². The van der Waals surface area contributed by atoms with Crippen molar-refractivity contribution in [1.82, 2.24) is 34.6 Å². The van der Waals surface area contributed by atoms with Gasteiger partial charge in [-0.05, 0) is 63.8 Å². The minimum atomic E-state index is -2.51. The molecule has 1 aliphatic carbocycles. The van der Waals surface area contributed by atoms with Gasteiger partial charge in [0.25, 0.3) is 6.43 Å². The van der Waals surface area contributed by atoms with Crippen molar-refractivity contribution < 1.29 is 17.9 Å². The summed E-state index contributed by atoms with van der Waals surface area (Å²) in [5.74, 6) is 2.06. The highest BCUT2D eigenvalue weighted by Crippen LogP contribution is 2.33. The number of pyridine rings is 2. The molecule has 4 aromatic heterocycles. The number of piperidine rings is 1. The van der Waals surface area contributed by atoms with Crippen LogP contribution in [-0.4, -0.2) is 79.5 Å². The van der Waals surface area contributed by atoms with Crippen molar-refractivity contribution in [3.63, 3.8) is 0 Å². The minimum absolute atomic E-state index is 0.0183. The smallest absolute Gasteiger partial charge is 0.257 e. The molecule has 1 aliphatic heterocycles. The summed E-state index contributed by atoms with van der Waals surface area (Å²) in [6.07, 6.45) is 9.52. The van der Waals surface area contributed by atoms with Crippen LogP contribution in [0.3, 0.4) is 0 Å². The van der Waals surface area contributed by atoms with Crippen LogP contribution in [0.4, 0.5) is 30.5 Å². The lowest BCUT2D eigenvalue weighted by atomic mass is 9.93. The van der Waals surface area contributed by atoms with E-state index in [4.69, 9.17) is 9.72 Å². The Bertz CT molecular complexity index is 1530. The largest absolute Gasteiger partial charge is 0.489 e. The van der Waals surface area contributed by atoms with E-state index in [1.54, 1.807) is 24.7 Å². The molecule has 0 spiro atoms. The van der Waals surface area contributed by atoms with Gasteiger partial charge >= 0.3 is 0 Å². The second-order valence-electron chi connectivity index (χ2n) is 11.5. The summed E-state index contributed by atoms with van der Waals surface area (Å²) in [7, 11) is 2.12. The summed E-state index contributed by atoms with van der Waals surface area (Å²) in [6.45, 7) is 1.53. The third-order valence-corrected chi connectivity index (χ3v) is 7.98. The van der Waals surface area contributed by atoms with Crippen LogP contribution in [0.25, 0.3) is 22.6 Å². The number of hydrogen-bond acceptors (Lipinski definition) is 9. The van der Waals surface area contributed by atoms with E-state index in [9.17, 15) is 13.2 Å². The second-order valence-corrected chi connectivity index (χ2v) is 11.5. The molecule has 1 saturated heterocycles. The van der Waals surface area contributed by atoms with Crippen molar-refractivity contribution in [2.24, 2.45) is 0 Å². The van der Waals surface area contributed by atoms with E-state index < -0.39 is 19.1 Å². The molecule has 2 aliphatic rings. The first kappa shape index (κ1) is 29.8. The van der Waals surface area contributed by atoms with Gasteiger partial charge in [-0.3, -0.25) is 9.67 Å². The van der Waals surface area contributed by atoms with Crippen LogP contribution < -0.4 is 15.4 Å². The zero-order valence-electron chi connectivity index (χ0n) is 24.5. The Morgan fingerprint density at radius 1 is 1.00 bits per heavy atom. The monoisotopic (exact) mass is 607 g/mol. The van der Waals surface area contributed by atoms with Crippen molar-refractivity contribution in [3.8, 4) is 28.4 Å². The van der Waals surface area contributed by atoms with Gasteiger partial charge in [-0.25, -0.2) is 28.1 Å². The third kappa shape index (κ3) is 7.62. The summed E-state index contributed by atoms with van der Waals surface area (Å²) >= 11 is 0. The number of nitrogens with one attached hydrogen (secondary N) is 2. The van der Waals surface area contributed by atoms with Gasteiger partial charge in [0.1, 0.15) is 36.2 Å². The lowest BCUT2D eigenvalue weighted by molar-refractivity contribution is 0.114. The van der Waals surface area contributed by atoms with E-state index in [-0.39, 0.29) is 12.1 Å². The number of halogens is 3. The molecule has 0 bridgehead atoms. The molecule has 4 aromatic rings. The maximum atomic E-state index is 14.3. The van der Waals surface area contributed by atoms with Gasteiger partial charge in [0.15, 0.2) is 5.82 Å². The van der Waals surface area contributed by atoms with Crippen LogP contribution >= 0.6 is 0 Å². The average Bonchev–Trinajstić information content (AvgIpc) is 3.47. The average molecular weight is 608 g/mol. The molecule has 10 nitrogen and oxygen atoms in total. The Labute approximate surface area is 254 Å². The summed E-state index contributed by atoms with van der Waals surface area (Å²) in [5, 5.41) is 10.7. The minimum Gasteiger partial charge on any atom is -0.489 e. The Hall–Kier alpha value is -4.26. The number of ether oxygens (including phenoxy) is 1. The third-order valence-electron chi connectivity index (χ3n) is 7.98. The standard InChI is InChI=1S/C31H36F3N9O/c1-42-11-8-23(9-12-42)44-24-5-6-26(36-16-24)25-17-37-30(14-27(25)39-22-4-2-3-21(32)13-22)40-29-7-10-35-31(41-29)20-15-38-43(18-20)19-28(33)34/h5-7,10,14-18,21-23,28H,2-4,8-9,11-13,19H2,1H3,(H2,35,37,39,40,41). The van der Waals surface area contributed by atoms with Gasteiger partial charge in [-0.1, -0.05) is 0 Å². The lowest BCUT2D eigenvalue weighted by Crippen LogP contribution is -2.35. The molecule has 2 atom stereocenters. The highest BCUT2D eigenvalue weighted by molar-refractivity contribution is 5.78. The van der Waals surface area contributed by atoms with Crippen molar-refractivity contribution in [2.75, 3.05) is 30.8 Å². The first-order valence-corrected chi connectivity index (χ1v) is 15.0. The molecule has 6 rings (SSSR count). The fourth-order valence-corrected chi connectivity index (χ4v) is 5.65. The zero-order chi connectivity index (χ0) is 30.5. The molecule has 2 N–H and O–H groups in total. The summed E-state index contributed by atoms with van der Waals surface area (Å²) < 4.78 is 47.1. The lowest BCUT2D eigenvalue weighted by Gasteiger charge is -2.29. The van der Waals surface area contributed by atoms with Crippen molar-refractivity contribution in [1.29, 1.82) is 0 Å². The molecular weight excluding hydrogens is 571 g/mol. The molecule has 0 amide bonds. The zero-order valence-corrected chi connectivity index (χ0v) is 24.5. The first-order chi connectivity index (χ1) is 21.4. The van der Waals surface area contributed by atoms with E-state index >= 15 is 0 Å². The van der Waals surface area contributed by atoms with Gasteiger partial charge in [0.05, 0.1) is 23.7 Å². The van der Waals surface area contributed by atoms with Crippen LogP contribution in [0.15, 0.2) is 55.2 Å². The summed E-state index contributed by atoms with van der Waals surface area (Å²) in [4.78, 5) is 20.4. The van der Waals surface area contributed by atoms with E-state index in [2.05, 4.69) is 42.6 Å². The maximum absolute atomic E-state index is 14.3. The van der Waals surface area contributed by atoms with E-state index in [0.717, 1.165) is 66.1 Å². The SMILES string of the molecule is CN1CCC(Oc2ccc(-c3cnc(Nc4ccnc(-c5cnn(CC(F)F)c5)n4)cc3NC3CCCC(F)C3)nc2)CC1. The second kappa shape index (κ2) is 13.6. The normalized spacial score (nSPS) is 19.7. The number of rotatable bonds is 10. The molecular formula is C31H36F3N9O. The van der Waals surface area contributed by atoms with E-state index in [1.807, 2.05) is 18.2 Å². The summed E-state index contributed by atoms with van der Waals surface area (Å²) in [6, 6.07) is 7.39. The van der Waals surface area contributed by atoms with Crippen LogP contribution in [0, 0.1) is 0 Å². The van der Waals surface area contributed by atoms with Crippen LogP contribution in [-0.2, 0) is 6.54 Å². The molecule has 2 fully saturated rings. The molecule has 13 heteroatoms. The number of aromatic nitrogens is 6. The van der Waals surface area contributed by atoms with Crippen molar-refractivity contribution >= 4 is 17.3 Å². The first-order valence-electron chi connectivity index (χ1n) is 15.0. The van der Waals surface area contributed by atoms with Gasteiger partial charge < -0.3 is 20.3 Å². The number of alkyl halides is 3. The Morgan fingerprint density at radius 3 is 2.64 bits per heavy atom. The quantitative estimate of drug-likeness (QED) is 0.226. The van der Waals surface area contributed by atoms with Gasteiger partial charge in [-0.2, -0.15) is 5.10 Å². The van der Waals surface area contributed by atoms with Crippen LogP contribution in [0.5, 0.6) is 5.75 Å². The summed E-state index contributed by atoms with van der Waals surface area (Å²) in [5.41, 5.74) is 2.81. The number of hydrogen-bond donors (Lipinski definition) is 2. The van der Waals surface area contributed by atoms with Crippen LogP contribution in [0.2, 0.25) is 0 Å². The molecule has 5 heterocycles. The highest BCUT2D eigenvalue weighted by atomic mass is 19.3. The maximum Gasteiger partial charge on any atom is 0.257 e. The molecule has 2 unspecified atom stereocenters. The number of nitrogens with zero attached hydrogens (tertiary/aromatic N) is 7. The van der Waals surface area contributed by atoms with E-state index in [0.29, 0.717) is 35.9 Å². The molecule has 232 valence electrons. The Kier molecular flexibility index (Phi) is 9.20. The predicted molar refractivity (Wildman–Crippen MR) is 162 cm³/mol. The predicted octanol–water partition coefficient (Wildman–Crippen LogP) is 5.97. The van der Waals surface area contributed by atoms with Crippen molar-refractivity contribution in [2.45, 2.75) is 69.8 Å². The van der Waals surface area contributed by atoms with Gasteiger partial charge in [0, 0.05) is 55.0 Å². The Morgan fingerprint density at radius 2 is 1.86 bits per heavy atom. The number of anilines is 3. The number of likely N-dealkylation sites (tertiary alicyclic amines) is 1. The fourth-order valence-electron chi connectivity index (χ4n) is 5.65. The highest BCUT2D eigenvalue weighted by Gasteiger charge is 2.23. The van der Waals surface area contributed by atoms with Crippen molar-refractivity contribution in [3.05, 3.63) is 55.2 Å². The molecule has 0 radical (unpaired) electrons. The topological polar surface area (TPSA) is 106 Å². The van der Waals surface area contributed by atoms with Gasteiger partial charge in [0.2, 0.25) is 0 Å². The Balaban J connectivity index is 1.22. The molecule has 44 heavy (non-hydrogen) atoms. The van der Waals surface area contributed by atoms with E-state index in [1.165, 1.54) is 12.4 Å². The molecule has 1 saturated carbocycles. The molecule has 0 aromatic carbocycles.